The summed E-state index contributed by atoms with van der Waals surface area (Å²) < 4.78 is 0. The Bertz CT molecular complexity index is 172. The highest BCUT2D eigenvalue weighted by Crippen LogP contribution is 1.99. The third kappa shape index (κ3) is 9.71. The summed E-state index contributed by atoms with van der Waals surface area (Å²) >= 11 is 0. The average Bonchev–Trinajstić information content (AvgIpc) is 2.20. The summed E-state index contributed by atoms with van der Waals surface area (Å²) in [6.45, 7) is 6.81. The van der Waals surface area contributed by atoms with Crippen LogP contribution in [0.1, 0.15) is 32.6 Å². The third-order valence-electron chi connectivity index (χ3n) is 2.42. The van der Waals surface area contributed by atoms with Crippen LogP contribution in [-0.4, -0.2) is 50.1 Å². The van der Waals surface area contributed by atoms with Crippen molar-refractivity contribution in [3.63, 3.8) is 0 Å². The molecule has 0 aliphatic rings. The molecule has 0 rings (SSSR count). The smallest absolute Gasteiger partial charge is 0.0621 e. The first-order chi connectivity index (χ1) is 7.20. The number of nitriles is 1. The first kappa shape index (κ1) is 14.4. The van der Waals surface area contributed by atoms with Crippen molar-refractivity contribution in [1.82, 2.24) is 9.80 Å². The first-order valence-electron chi connectivity index (χ1n) is 5.94. The van der Waals surface area contributed by atoms with Gasteiger partial charge in [-0.3, -0.25) is 0 Å². The van der Waals surface area contributed by atoms with E-state index in [1.54, 1.807) is 0 Å². The fraction of sp³-hybridized carbons (Fsp3) is 0.917. The lowest BCUT2D eigenvalue weighted by Crippen LogP contribution is -2.33. The second-order valence-corrected chi connectivity index (χ2v) is 4.26. The van der Waals surface area contributed by atoms with E-state index in [2.05, 4.69) is 36.9 Å². The second kappa shape index (κ2) is 9.95. The zero-order valence-corrected chi connectivity index (χ0v) is 10.5. The van der Waals surface area contributed by atoms with Gasteiger partial charge in [0.25, 0.3) is 0 Å². The molecule has 0 aliphatic heterocycles. The number of unbranched alkanes of at least 4 members (excludes halogenated alkanes) is 2. The second-order valence-electron chi connectivity index (χ2n) is 4.26. The predicted molar refractivity (Wildman–Crippen MR) is 64.7 cm³/mol. The van der Waals surface area contributed by atoms with Gasteiger partial charge in [0, 0.05) is 19.5 Å². The van der Waals surface area contributed by atoms with Crippen molar-refractivity contribution in [3.05, 3.63) is 0 Å². The summed E-state index contributed by atoms with van der Waals surface area (Å²) in [6.07, 6.45) is 4.11. The van der Waals surface area contributed by atoms with Crippen molar-refractivity contribution >= 4 is 0 Å². The lowest BCUT2D eigenvalue weighted by atomic mass is 10.2. The molecule has 3 heteroatoms. The summed E-state index contributed by atoms with van der Waals surface area (Å²) in [4.78, 5) is 4.72. The molecular formula is C12H25N3. The standard InChI is InChI=1S/C12H25N3/c1-4-9-15(12-11-14(2)3)10-7-5-6-8-13/h4-7,9-12H2,1-3H3. The van der Waals surface area contributed by atoms with Crippen molar-refractivity contribution in [1.29, 1.82) is 5.26 Å². The highest BCUT2D eigenvalue weighted by Gasteiger charge is 2.03. The quantitative estimate of drug-likeness (QED) is 0.546. The molecule has 15 heavy (non-hydrogen) atoms. The zero-order chi connectivity index (χ0) is 11.5. The van der Waals surface area contributed by atoms with Crippen LogP contribution in [0, 0.1) is 11.3 Å². The molecular weight excluding hydrogens is 186 g/mol. The minimum absolute atomic E-state index is 0.702. The minimum Gasteiger partial charge on any atom is -0.308 e. The normalized spacial score (nSPS) is 10.9. The largest absolute Gasteiger partial charge is 0.308 e. The Kier molecular flexibility index (Phi) is 9.55. The average molecular weight is 211 g/mol. The van der Waals surface area contributed by atoms with Crippen LogP contribution >= 0.6 is 0 Å². The summed E-state index contributed by atoms with van der Waals surface area (Å²) in [6, 6.07) is 2.20. The molecule has 0 aliphatic carbocycles. The number of likely N-dealkylation sites (N-methyl/N-ethyl adjacent to an activating group) is 1. The van der Waals surface area contributed by atoms with E-state index < -0.39 is 0 Å². The van der Waals surface area contributed by atoms with Gasteiger partial charge in [0.2, 0.25) is 0 Å². The molecule has 0 fully saturated rings. The molecule has 0 atom stereocenters. The highest BCUT2D eigenvalue weighted by molar-refractivity contribution is 4.69. The number of hydrogen-bond acceptors (Lipinski definition) is 3. The first-order valence-corrected chi connectivity index (χ1v) is 5.94. The zero-order valence-electron chi connectivity index (χ0n) is 10.5. The van der Waals surface area contributed by atoms with Gasteiger partial charge in [0.1, 0.15) is 0 Å². The molecule has 0 saturated carbocycles. The van der Waals surface area contributed by atoms with Crippen LogP contribution in [0.15, 0.2) is 0 Å². The van der Waals surface area contributed by atoms with Gasteiger partial charge in [-0.1, -0.05) is 6.92 Å². The molecule has 0 aromatic rings. The van der Waals surface area contributed by atoms with Crippen LogP contribution in [0.5, 0.6) is 0 Å². The molecule has 0 amide bonds. The Hall–Kier alpha value is -0.590. The van der Waals surface area contributed by atoms with Crippen molar-refractivity contribution in [2.75, 3.05) is 40.3 Å². The van der Waals surface area contributed by atoms with Crippen LogP contribution in [0.4, 0.5) is 0 Å². The molecule has 0 heterocycles. The van der Waals surface area contributed by atoms with E-state index in [1.807, 2.05) is 0 Å². The molecule has 0 N–H and O–H groups in total. The topological polar surface area (TPSA) is 30.3 Å². The van der Waals surface area contributed by atoms with Crippen LogP contribution in [-0.2, 0) is 0 Å². The van der Waals surface area contributed by atoms with Gasteiger partial charge in [0.05, 0.1) is 6.07 Å². The van der Waals surface area contributed by atoms with Crippen LogP contribution in [0.25, 0.3) is 0 Å². The van der Waals surface area contributed by atoms with E-state index in [-0.39, 0.29) is 0 Å². The molecule has 0 spiro atoms. The maximum absolute atomic E-state index is 8.44. The molecule has 0 radical (unpaired) electrons. The van der Waals surface area contributed by atoms with Crippen molar-refractivity contribution in [2.45, 2.75) is 32.6 Å². The Morgan fingerprint density at radius 1 is 1.00 bits per heavy atom. The molecule has 0 aromatic carbocycles. The van der Waals surface area contributed by atoms with Crippen LogP contribution < -0.4 is 0 Å². The van der Waals surface area contributed by atoms with E-state index >= 15 is 0 Å². The van der Waals surface area contributed by atoms with E-state index in [9.17, 15) is 0 Å². The highest BCUT2D eigenvalue weighted by atomic mass is 15.2. The van der Waals surface area contributed by atoms with Gasteiger partial charge in [0.15, 0.2) is 0 Å². The van der Waals surface area contributed by atoms with Crippen molar-refractivity contribution < 1.29 is 0 Å². The summed E-state index contributed by atoms with van der Waals surface area (Å²) in [5.41, 5.74) is 0. The summed E-state index contributed by atoms with van der Waals surface area (Å²) in [5.74, 6) is 0. The van der Waals surface area contributed by atoms with Crippen LogP contribution in [0.2, 0.25) is 0 Å². The van der Waals surface area contributed by atoms with Crippen molar-refractivity contribution in [2.24, 2.45) is 0 Å². The maximum Gasteiger partial charge on any atom is 0.0621 e. The van der Waals surface area contributed by atoms with Gasteiger partial charge in [-0.25, -0.2) is 0 Å². The van der Waals surface area contributed by atoms with Crippen molar-refractivity contribution in [3.8, 4) is 6.07 Å². The number of nitrogens with zero attached hydrogens (tertiary/aromatic N) is 3. The summed E-state index contributed by atoms with van der Waals surface area (Å²) in [5, 5.41) is 8.44. The molecule has 0 aromatic heterocycles. The van der Waals surface area contributed by atoms with Gasteiger partial charge >= 0.3 is 0 Å². The Balaban J connectivity index is 3.59. The van der Waals surface area contributed by atoms with E-state index in [4.69, 9.17) is 5.26 Å². The van der Waals surface area contributed by atoms with E-state index in [0.717, 1.165) is 32.5 Å². The van der Waals surface area contributed by atoms with Gasteiger partial charge in [-0.2, -0.15) is 5.26 Å². The predicted octanol–water partition coefficient (Wildman–Crippen LogP) is 1.95. The lowest BCUT2D eigenvalue weighted by molar-refractivity contribution is 0.237. The Labute approximate surface area is 94.7 Å². The molecule has 88 valence electrons. The SMILES string of the molecule is CCCN(CCCCC#N)CCN(C)C. The molecule has 0 unspecified atom stereocenters. The lowest BCUT2D eigenvalue weighted by Gasteiger charge is -2.23. The Morgan fingerprint density at radius 2 is 1.73 bits per heavy atom. The number of rotatable bonds is 9. The third-order valence-corrected chi connectivity index (χ3v) is 2.42. The molecule has 0 bridgehead atoms. The van der Waals surface area contributed by atoms with E-state index in [0.29, 0.717) is 6.42 Å². The van der Waals surface area contributed by atoms with Gasteiger partial charge < -0.3 is 9.80 Å². The molecule has 3 nitrogen and oxygen atoms in total. The number of hydrogen-bond donors (Lipinski definition) is 0. The van der Waals surface area contributed by atoms with Gasteiger partial charge in [-0.05, 0) is 46.4 Å². The fourth-order valence-corrected chi connectivity index (χ4v) is 1.53. The Morgan fingerprint density at radius 3 is 2.27 bits per heavy atom. The minimum atomic E-state index is 0.702. The monoisotopic (exact) mass is 211 g/mol. The summed E-state index contributed by atoms with van der Waals surface area (Å²) in [7, 11) is 4.22. The van der Waals surface area contributed by atoms with E-state index in [1.165, 1.54) is 13.0 Å². The molecule has 0 saturated heterocycles. The maximum atomic E-state index is 8.44. The van der Waals surface area contributed by atoms with Gasteiger partial charge in [-0.15, -0.1) is 0 Å². The fourth-order valence-electron chi connectivity index (χ4n) is 1.53. The van der Waals surface area contributed by atoms with Crippen LogP contribution in [0.3, 0.4) is 0 Å².